The molecule has 6 heteroatoms. The highest BCUT2D eigenvalue weighted by molar-refractivity contribution is 6.03. The van der Waals surface area contributed by atoms with Crippen LogP contribution in [-0.4, -0.2) is 22.9 Å². The molecule has 0 saturated heterocycles. The molecule has 0 amide bonds. The number of aryl methyl sites for hydroxylation is 2. The van der Waals surface area contributed by atoms with Gasteiger partial charge in [0.1, 0.15) is 11.6 Å². The number of para-hydroxylation sites is 3. The van der Waals surface area contributed by atoms with Gasteiger partial charge in [0.05, 0.1) is 24.1 Å². The van der Waals surface area contributed by atoms with Crippen LogP contribution in [0.2, 0.25) is 0 Å². The average Bonchev–Trinajstić information content (AvgIpc) is 2.70. The van der Waals surface area contributed by atoms with Gasteiger partial charge in [-0.25, -0.2) is 4.98 Å². The number of ketones is 1. The molecular formula is C22H22N4O2. The summed E-state index contributed by atoms with van der Waals surface area (Å²) in [6.45, 7) is 2.02. The first-order valence-electron chi connectivity index (χ1n) is 9.32. The van der Waals surface area contributed by atoms with Crippen LogP contribution in [0.3, 0.4) is 0 Å². The highest BCUT2D eigenvalue weighted by atomic mass is 16.5. The van der Waals surface area contributed by atoms with E-state index in [1.807, 2.05) is 55.5 Å². The quantitative estimate of drug-likeness (QED) is 0.668. The molecule has 28 heavy (non-hydrogen) atoms. The van der Waals surface area contributed by atoms with E-state index < -0.39 is 0 Å². The van der Waals surface area contributed by atoms with Crippen molar-refractivity contribution < 1.29 is 9.53 Å². The molecule has 2 aromatic carbocycles. The largest absolute Gasteiger partial charge is 0.495 e. The van der Waals surface area contributed by atoms with Crippen LogP contribution in [0.15, 0.2) is 48.5 Å². The minimum Gasteiger partial charge on any atom is -0.495 e. The maximum atomic E-state index is 12.6. The fourth-order valence-electron chi connectivity index (χ4n) is 3.38. The Labute approximate surface area is 164 Å². The fraction of sp³-hybridized carbons (Fsp3) is 0.227. The third-order valence-electron chi connectivity index (χ3n) is 4.83. The molecule has 142 valence electrons. The molecule has 0 atom stereocenters. The van der Waals surface area contributed by atoms with Gasteiger partial charge in [0.25, 0.3) is 0 Å². The van der Waals surface area contributed by atoms with Crippen molar-refractivity contribution in [3.63, 3.8) is 0 Å². The van der Waals surface area contributed by atoms with E-state index in [9.17, 15) is 4.79 Å². The number of rotatable bonds is 5. The minimum atomic E-state index is 0.0844. The number of carbonyl (C=O) groups excluding carboxylic acids is 1. The molecule has 1 aromatic heterocycles. The van der Waals surface area contributed by atoms with Crippen molar-refractivity contribution in [1.29, 1.82) is 0 Å². The number of carbonyl (C=O) groups is 1. The van der Waals surface area contributed by atoms with Gasteiger partial charge in [0.2, 0.25) is 5.95 Å². The maximum Gasteiger partial charge on any atom is 0.229 e. The second-order valence-electron chi connectivity index (χ2n) is 6.76. The molecule has 0 saturated carbocycles. The first-order valence-corrected chi connectivity index (χ1v) is 9.32. The van der Waals surface area contributed by atoms with Crippen LogP contribution >= 0.6 is 0 Å². The van der Waals surface area contributed by atoms with Gasteiger partial charge >= 0.3 is 0 Å². The second kappa shape index (κ2) is 7.68. The van der Waals surface area contributed by atoms with E-state index in [1.165, 1.54) is 0 Å². The minimum absolute atomic E-state index is 0.0844. The van der Waals surface area contributed by atoms with Crippen molar-refractivity contribution in [3.05, 3.63) is 65.4 Å². The number of nitrogens with one attached hydrogen (secondary N) is 2. The van der Waals surface area contributed by atoms with E-state index in [0.717, 1.165) is 35.5 Å². The van der Waals surface area contributed by atoms with Gasteiger partial charge in [0.15, 0.2) is 5.78 Å². The van der Waals surface area contributed by atoms with Crippen molar-refractivity contribution in [1.82, 2.24) is 9.97 Å². The molecule has 2 N–H and O–H groups in total. The Morgan fingerprint density at radius 1 is 0.929 bits per heavy atom. The van der Waals surface area contributed by atoms with Gasteiger partial charge in [-0.05, 0) is 43.5 Å². The Kier molecular flexibility index (Phi) is 4.93. The van der Waals surface area contributed by atoms with Crippen molar-refractivity contribution in [3.8, 4) is 5.75 Å². The van der Waals surface area contributed by atoms with Crippen molar-refractivity contribution in [2.75, 3.05) is 17.7 Å². The van der Waals surface area contributed by atoms with Crippen molar-refractivity contribution in [2.24, 2.45) is 0 Å². The molecule has 1 aliphatic rings. The number of anilines is 4. The zero-order valence-electron chi connectivity index (χ0n) is 16.0. The summed E-state index contributed by atoms with van der Waals surface area (Å²) in [6.07, 6.45) is 2.09. The van der Waals surface area contributed by atoms with Crippen LogP contribution in [0.5, 0.6) is 5.75 Å². The highest BCUT2D eigenvalue weighted by Gasteiger charge is 2.25. The number of aromatic nitrogens is 2. The number of methoxy groups -OCH3 is 1. The SMILES string of the molecule is COc1ccccc1Nc1nc2c(c(Nc3ccccc3C)n1)C(=O)CCC2. The van der Waals surface area contributed by atoms with Gasteiger partial charge in [-0.1, -0.05) is 30.3 Å². The number of ether oxygens (including phenoxy) is 1. The molecule has 4 rings (SSSR count). The smallest absolute Gasteiger partial charge is 0.229 e. The molecule has 0 aliphatic heterocycles. The van der Waals surface area contributed by atoms with Gasteiger partial charge in [-0.3, -0.25) is 4.79 Å². The van der Waals surface area contributed by atoms with Gasteiger partial charge in [0, 0.05) is 12.1 Å². The molecular weight excluding hydrogens is 352 g/mol. The maximum absolute atomic E-state index is 12.6. The normalized spacial score (nSPS) is 13.0. The summed E-state index contributed by atoms with van der Waals surface area (Å²) < 4.78 is 5.40. The van der Waals surface area contributed by atoms with Crippen molar-refractivity contribution >= 4 is 28.9 Å². The van der Waals surface area contributed by atoms with E-state index in [1.54, 1.807) is 7.11 Å². The molecule has 0 bridgehead atoms. The van der Waals surface area contributed by atoms with Crippen LogP contribution in [0.4, 0.5) is 23.1 Å². The predicted molar refractivity (Wildman–Crippen MR) is 110 cm³/mol. The van der Waals surface area contributed by atoms with E-state index in [4.69, 9.17) is 4.74 Å². The van der Waals surface area contributed by atoms with Crippen LogP contribution in [-0.2, 0) is 6.42 Å². The summed E-state index contributed by atoms with van der Waals surface area (Å²) in [7, 11) is 1.62. The molecule has 1 heterocycles. The number of fused-ring (bicyclic) bond motifs is 1. The first-order chi connectivity index (χ1) is 13.7. The third-order valence-corrected chi connectivity index (χ3v) is 4.83. The van der Waals surface area contributed by atoms with Gasteiger partial charge in [-0.15, -0.1) is 0 Å². The lowest BCUT2D eigenvalue weighted by atomic mass is 9.95. The molecule has 0 fully saturated rings. The zero-order valence-corrected chi connectivity index (χ0v) is 16.0. The molecule has 1 aliphatic carbocycles. The van der Waals surface area contributed by atoms with Crippen molar-refractivity contribution in [2.45, 2.75) is 26.2 Å². The number of hydrogen-bond donors (Lipinski definition) is 2. The summed E-state index contributed by atoms with van der Waals surface area (Å²) >= 11 is 0. The Bertz CT molecular complexity index is 1030. The van der Waals surface area contributed by atoms with Gasteiger partial charge < -0.3 is 15.4 Å². The summed E-state index contributed by atoms with van der Waals surface area (Å²) in [6, 6.07) is 15.5. The first kappa shape index (κ1) is 18.0. The second-order valence-corrected chi connectivity index (χ2v) is 6.76. The summed E-state index contributed by atoms with van der Waals surface area (Å²) in [5.74, 6) is 1.77. The lowest BCUT2D eigenvalue weighted by Gasteiger charge is -2.20. The molecule has 0 unspecified atom stereocenters. The average molecular weight is 374 g/mol. The molecule has 0 radical (unpaired) electrons. The summed E-state index contributed by atoms with van der Waals surface area (Å²) in [5.41, 5.74) is 4.15. The third kappa shape index (κ3) is 3.53. The predicted octanol–water partition coefficient (Wildman–Crippen LogP) is 4.80. The topological polar surface area (TPSA) is 76.1 Å². The van der Waals surface area contributed by atoms with E-state index in [-0.39, 0.29) is 5.78 Å². The molecule has 3 aromatic rings. The van der Waals surface area contributed by atoms with Crippen LogP contribution in [0, 0.1) is 6.92 Å². The Balaban J connectivity index is 1.77. The van der Waals surface area contributed by atoms with E-state index >= 15 is 0 Å². The van der Waals surface area contributed by atoms with E-state index in [2.05, 4.69) is 20.6 Å². The summed E-state index contributed by atoms with van der Waals surface area (Å²) in [4.78, 5) is 21.8. The standard InChI is InChI=1S/C22H22N4O2/c1-14-8-3-4-9-15(14)23-21-20-17(11-7-12-18(20)27)25-22(26-21)24-16-10-5-6-13-19(16)28-2/h3-6,8-10,13H,7,11-12H2,1-2H3,(H2,23,24,25,26). The monoisotopic (exact) mass is 374 g/mol. The summed E-state index contributed by atoms with van der Waals surface area (Å²) in [5, 5.41) is 6.57. The molecule has 0 spiro atoms. The lowest BCUT2D eigenvalue weighted by Crippen LogP contribution is -2.18. The number of Topliss-reactive ketones (excluding diaryl/α,β-unsaturated/α-hetero) is 1. The van der Waals surface area contributed by atoms with Gasteiger partial charge in [-0.2, -0.15) is 4.98 Å². The molecule has 6 nitrogen and oxygen atoms in total. The Morgan fingerprint density at radius 3 is 2.46 bits per heavy atom. The van der Waals surface area contributed by atoms with E-state index in [0.29, 0.717) is 29.5 Å². The Morgan fingerprint density at radius 2 is 1.68 bits per heavy atom. The highest BCUT2D eigenvalue weighted by Crippen LogP contribution is 2.32. The van der Waals surface area contributed by atoms with Crippen LogP contribution in [0.25, 0.3) is 0 Å². The number of nitrogens with zero attached hydrogens (tertiary/aromatic N) is 2. The zero-order chi connectivity index (χ0) is 19.5. The Hall–Kier alpha value is -3.41. The number of hydrogen-bond acceptors (Lipinski definition) is 6. The van der Waals surface area contributed by atoms with Crippen LogP contribution in [0.1, 0.15) is 34.5 Å². The van der Waals surface area contributed by atoms with Crippen LogP contribution < -0.4 is 15.4 Å². The lowest BCUT2D eigenvalue weighted by molar-refractivity contribution is 0.0972. The fourth-order valence-corrected chi connectivity index (χ4v) is 3.38. The number of benzene rings is 2.